The van der Waals surface area contributed by atoms with Crippen LogP contribution in [0.1, 0.15) is 41.6 Å². The molecule has 6 nitrogen and oxygen atoms in total. The molecule has 2 rings (SSSR count). The Kier molecular flexibility index (Phi) is 5.10. The first kappa shape index (κ1) is 16.7. The van der Waals surface area contributed by atoms with E-state index in [1.165, 1.54) is 18.2 Å². The van der Waals surface area contributed by atoms with Crippen LogP contribution in [-0.2, 0) is 9.53 Å². The van der Waals surface area contributed by atoms with E-state index in [4.69, 9.17) is 9.26 Å². The molecule has 0 bridgehead atoms. The van der Waals surface area contributed by atoms with Crippen LogP contribution in [0.5, 0.6) is 0 Å². The highest BCUT2D eigenvalue weighted by Gasteiger charge is 2.24. The summed E-state index contributed by atoms with van der Waals surface area (Å²) in [6, 6.07) is 5.72. The number of nitrogens with one attached hydrogen (secondary N) is 1. The lowest BCUT2D eigenvalue weighted by Gasteiger charge is -2.08. The van der Waals surface area contributed by atoms with Gasteiger partial charge in [0.05, 0.1) is 11.4 Å². The Morgan fingerprint density at radius 2 is 2.04 bits per heavy atom. The quantitative estimate of drug-likeness (QED) is 0.856. The number of nitrogens with zero attached hydrogens (tertiary/aromatic N) is 1. The van der Waals surface area contributed by atoms with Gasteiger partial charge < -0.3 is 14.6 Å². The van der Waals surface area contributed by atoms with Crippen LogP contribution in [0, 0.1) is 12.7 Å². The monoisotopic (exact) mass is 320 g/mol. The molecule has 0 aliphatic rings. The van der Waals surface area contributed by atoms with Crippen LogP contribution in [0.25, 0.3) is 0 Å². The lowest BCUT2D eigenvalue weighted by atomic mass is 10.1. The number of aryl methyl sites for hydroxylation is 1. The Labute approximate surface area is 132 Å². The second-order valence-electron chi connectivity index (χ2n) is 5.27. The van der Waals surface area contributed by atoms with Crippen molar-refractivity contribution >= 4 is 17.6 Å². The second kappa shape index (κ2) is 7.04. The van der Waals surface area contributed by atoms with E-state index in [1.54, 1.807) is 13.0 Å². The molecule has 1 heterocycles. The van der Waals surface area contributed by atoms with Crippen LogP contribution in [0.3, 0.4) is 0 Å². The minimum atomic E-state index is -0.698. The van der Waals surface area contributed by atoms with Gasteiger partial charge in [-0.2, -0.15) is 0 Å². The molecule has 0 saturated heterocycles. The number of carbonyl (C=O) groups is 2. The van der Waals surface area contributed by atoms with Gasteiger partial charge in [-0.15, -0.1) is 0 Å². The number of ether oxygens (including phenoxy) is 1. The van der Waals surface area contributed by atoms with Crippen LogP contribution < -0.4 is 5.32 Å². The molecule has 1 aromatic carbocycles. The average molecular weight is 320 g/mol. The minimum Gasteiger partial charge on any atom is -0.452 e. The number of hydrogen-bond acceptors (Lipinski definition) is 5. The molecule has 0 aliphatic carbocycles. The molecule has 0 fully saturated rings. The summed E-state index contributed by atoms with van der Waals surface area (Å²) in [7, 11) is 0. The van der Waals surface area contributed by atoms with Gasteiger partial charge in [0.1, 0.15) is 11.4 Å². The highest BCUT2D eigenvalue weighted by Crippen LogP contribution is 2.23. The first-order valence-electron chi connectivity index (χ1n) is 7.07. The highest BCUT2D eigenvalue weighted by molar-refractivity contribution is 5.96. The van der Waals surface area contributed by atoms with E-state index >= 15 is 0 Å². The molecule has 0 radical (unpaired) electrons. The smallest absolute Gasteiger partial charge is 0.344 e. The van der Waals surface area contributed by atoms with Gasteiger partial charge in [-0.05, 0) is 19.1 Å². The van der Waals surface area contributed by atoms with Gasteiger partial charge >= 0.3 is 5.97 Å². The zero-order valence-corrected chi connectivity index (χ0v) is 13.1. The molecule has 1 amide bonds. The zero-order valence-electron chi connectivity index (χ0n) is 13.1. The number of carbonyl (C=O) groups excluding carboxylic acids is 2. The molecule has 23 heavy (non-hydrogen) atoms. The van der Waals surface area contributed by atoms with Crippen LogP contribution in [0.15, 0.2) is 28.8 Å². The molecular weight excluding hydrogens is 303 g/mol. The third-order valence-electron chi connectivity index (χ3n) is 3.10. The van der Waals surface area contributed by atoms with Gasteiger partial charge in [-0.3, -0.25) is 4.79 Å². The van der Waals surface area contributed by atoms with Crippen molar-refractivity contribution in [2.24, 2.45) is 0 Å². The largest absolute Gasteiger partial charge is 0.452 e. The van der Waals surface area contributed by atoms with Crippen LogP contribution >= 0.6 is 0 Å². The Hall–Kier alpha value is -2.70. The molecule has 0 aliphatic heterocycles. The number of aromatic nitrogens is 1. The molecule has 0 unspecified atom stereocenters. The first-order valence-corrected chi connectivity index (χ1v) is 7.07. The third kappa shape index (κ3) is 3.94. The summed E-state index contributed by atoms with van der Waals surface area (Å²) in [5, 5.41) is 6.07. The highest BCUT2D eigenvalue weighted by atomic mass is 19.1. The van der Waals surface area contributed by atoms with Crippen molar-refractivity contribution in [3.63, 3.8) is 0 Å². The maximum absolute atomic E-state index is 13.4. The Bertz CT molecular complexity index is 725. The summed E-state index contributed by atoms with van der Waals surface area (Å²) in [5.41, 5.74) is 0.643. The minimum absolute atomic E-state index is 0.0255. The van der Waals surface area contributed by atoms with Crippen LogP contribution in [0.4, 0.5) is 10.1 Å². The van der Waals surface area contributed by atoms with Gasteiger partial charge in [0.15, 0.2) is 12.4 Å². The molecule has 122 valence electrons. The number of hydrogen-bond donors (Lipinski definition) is 1. The van der Waals surface area contributed by atoms with Crippen molar-refractivity contribution in [2.45, 2.75) is 26.7 Å². The standard InChI is InChI=1S/C16H17FN2O4/c1-9(2)15-14(10(3)19-23-15)16(21)22-8-13(20)18-12-7-5-4-6-11(12)17/h4-7,9H,8H2,1-3H3,(H,18,20). The lowest BCUT2D eigenvalue weighted by molar-refractivity contribution is -0.119. The SMILES string of the molecule is Cc1noc(C(C)C)c1C(=O)OCC(=O)Nc1ccccc1F. The van der Waals surface area contributed by atoms with Gasteiger partial charge in [0.25, 0.3) is 5.91 Å². The van der Waals surface area contributed by atoms with Crippen LogP contribution in [-0.4, -0.2) is 23.6 Å². The summed E-state index contributed by atoms with van der Waals surface area (Å²) in [6.07, 6.45) is 0. The predicted octanol–water partition coefficient (Wildman–Crippen LogP) is 3.04. The number of anilines is 1. The fraction of sp³-hybridized carbons (Fsp3) is 0.312. The number of esters is 1. The van der Waals surface area contributed by atoms with E-state index in [0.717, 1.165) is 0 Å². The van der Waals surface area contributed by atoms with Gasteiger partial charge in [-0.25, -0.2) is 9.18 Å². The van der Waals surface area contributed by atoms with Gasteiger partial charge in [0.2, 0.25) is 0 Å². The topological polar surface area (TPSA) is 81.4 Å². The van der Waals surface area contributed by atoms with E-state index < -0.39 is 24.3 Å². The molecule has 1 aromatic heterocycles. The second-order valence-corrected chi connectivity index (χ2v) is 5.27. The van der Waals surface area contributed by atoms with Crippen molar-refractivity contribution in [3.05, 3.63) is 47.1 Å². The van der Waals surface area contributed by atoms with E-state index in [2.05, 4.69) is 10.5 Å². The molecule has 1 N–H and O–H groups in total. The molecule has 2 aromatic rings. The van der Waals surface area contributed by atoms with Crippen molar-refractivity contribution in [1.29, 1.82) is 0 Å². The average Bonchev–Trinajstić information content (AvgIpc) is 2.89. The van der Waals surface area contributed by atoms with Crippen molar-refractivity contribution in [1.82, 2.24) is 5.16 Å². The number of amides is 1. The van der Waals surface area contributed by atoms with Crippen molar-refractivity contribution in [2.75, 3.05) is 11.9 Å². The van der Waals surface area contributed by atoms with E-state index in [-0.39, 0.29) is 17.2 Å². The van der Waals surface area contributed by atoms with E-state index in [9.17, 15) is 14.0 Å². The maximum Gasteiger partial charge on any atom is 0.344 e. The Morgan fingerprint density at radius 3 is 2.70 bits per heavy atom. The maximum atomic E-state index is 13.4. The summed E-state index contributed by atoms with van der Waals surface area (Å²) < 4.78 is 23.5. The van der Waals surface area contributed by atoms with E-state index in [0.29, 0.717) is 11.5 Å². The van der Waals surface area contributed by atoms with Crippen molar-refractivity contribution < 1.29 is 23.2 Å². The summed E-state index contributed by atoms with van der Waals surface area (Å²) in [6.45, 7) is 4.78. The van der Waals surface area contributed by atoms with Gasteiger partial charge in [0, 0.05) is 5.92 Å². The number of halogens is 1. The normalized spacial score (nSPS) is 10.7. The third-order valence-corrected chi connectivity index (χ3v) is 3.10. The Morgan fingerprint density at radius 1 is 1.35 bits per heavy atom. The molecule has 0 atom stereocenters. The first-order chi connectivity index (χ1) is 10.9. The van der Waals surface area contributed by atoms with Crippen molar-refractivity contribution in [3.8, 4) is 0 Å². The molecule has 7 heteroatoms. The fourth-order valence-electron chi connectivity index (χ4n) is 1.98. The number of rotatable bonds is 5. The molecule has 0 saturated carbocycles. The van der Waals surface area contributed by atoms with E-state index in [1.807, 2.05) is 13.8 Å². The summed E-state index contributed by atoms with van der Waals surface area (Å²) in [4.78, 5) is 23.8. The Balaban J connectivity index is 1.98. The zero-order chi connectivity index (χ0) is 17.0. The number of para-hydroxylation sites is 1. The summed E-state index contributed by atoms with van der Waals surface area (Å²) >= 11 is 0. The van der Waals surface area contributed by atoms with Gasteiger partial charge in [-0.1, -0.05) is 31.1 Å². The predicted molar refractivity (Wildman–Crippen MR) is 80.6 cm³/mol. The lowest BCUT2D eigenvalue weighted by Crippen LogP contribution is -2.22. The summed E-state index contributed by atoms with van der Waals surface area (Å²) in [5.74, 6) is -1.54. The fourth-order valence-corrected chi connectivity index (χ4v) is 1.98. The molecular formula is C16H17FN2O4. The number of benzene rings is 1. The van der Waals surface area contributed by atoms with Crippen LogP contribution in [0.2, 0.25) is 0 Å². The molecule has 0 spiro atoms.